The average Bonchev–Trinajstić information content (AvgIpc) is 3.06. The van der Waals surface area contributed by atoms with Gasteiger partial charge in [0.2, 0.25) is 0 Å². The fraction of sp³-hybridized carbons (Fsp3) is 0.0588. The number of nitrogens with zero attached hydrogens (tertiary/aromatic N) is 2. The van der Waals surface area contributed by atoms with Crippen LogP contribution in [0.3, 0.4) is 0 Å². The highest BCUT2D eigenvalue weighted by Gasteiger charge is 2.12. The average molecular weight is 409 g/mol. The van der Waals surface area contributed by atoms with Gasteiger partial charge >= 0.3 is 0 Å². The number of rotatable bonds is 5. The number of halogens is 2. The highest BCUT2D eigenvalue weighted by Crippen LogP contribution is 2.28. The van der Waals surface area contributed by atoms with Crippen molar-refractivity contribution in [2.24, 2.45) is 5.10 Å². The van der Waals surface area contributed by atoms with Crippen molar-refractivity contribution in [2.75, 3.05) is 0 Å². The van der Waals surface area contributed by atoms with Crippen molar-refractivity contribution in [2.45, 2.75) is 11.8 Å². The maximum Gasteiger partial charge on any atom is 0.276 e. The molecule has 0 spiro atoms. The molecule has 9 heteroatoms. The molecule has 6 nitrogen and oxygen atoms in total. The molecule has 2 N–H and O–H groups in total. The molecule has 0 aliphatic heterocycles. The molecule has 0 fully saturated rings. The molecule has 1 aromatic heterocycles. The Labute approximate surface area is 160 Å². The van der Waals surface area contributed by atoms with Gasteiger partial charge in [-0.2, -0.15) is 18.6 Å². The largest absolute Gasteiger partial charge is 0.277 e. The van der Waals surface area contributed by atoms with Gasteiger partial charge in [0.1, 0.15) is 0 Å². The van der Waals surface area contributed by atoms with E-state index in [0.29, 0.717) is 21.3 Å². The monoisotopic (exact) mass is 408 g/mol. The number of nitrogens with one attached hydrogen (secondary N) is 2. The molecule has 0 aliphatic rings. The molecule has 2 aromatic carbocycles. The molecule has 0 aliphatic carbocycles. The Morgan fingerprint density at radius 1 is 1.12 bits per heavy atom. The third kappa shape index (κ3) is 4.07. The van der Waals surface area contributed by atoms with Gasteiger partial charge in [-0.15, -0.1) is 0 Å². The summed E-state index contributed by atoms with van der Waals surface area (Å²) in [7, 11) is -3.74. The van der Waals surface area contributed by atoms with Crippen molar-refractivity contribution >= 4 is 39.4 Å². The summed E-state index contributed by atoms with van der Waals surface area (Å²) < 4.78 is 24.5. The first-order valence-electron chi connectivity index (χ1n) is 7.47. The van der Waals surface area contributed by atoms with Gasteiger partial charge < -0.3 is 0 Å². The molecule has 0 amide bonds. The number of benzene rings is 2. The standard InChI is InChI=1S/C17H14Cl2N4O2S/c1-11-2-5-14(6-3-11)26(24,25)23-21-10-13-9-20-22-17(13)12-4-7-15(18)16(19)8-12/h2-10,23H,1H3,(H,20,22)/b21-10-. The number of aromatic nitrogens is 2. The van der Waals surface area contributed by atoms with Gasteiger partial charge in [-0.3, -0.25) is 5.10 Å². The van der Waals surface area contributed by atoms with Crippen LogP contribution in [0.15, 0.2) is 58.7 Å². The van der Waals surface area contributed by atoms with Crippen LogP contribution in [0.2, 0.25) is 10.0 Å². The van der Waals surface area contributed by atoms with Gasteiger partial charge in [-0.1, -0.05) is 47.0 Å². The first-order chi connectivity index (χ1) is 12.4. The van der Waals surface area contributed by atoms with Gasteiger partial charge in [0.25, 0.3) is 10.0 Å². The second-order valence-corrected chi connectivity index (χ2v) is 7.97. The molecule has 3 rings (SSSR count). The summed E-state index contributed by atoms with van der Waals surface area (Å²) in [6.07, 6.45) is 2.90. The van der Waals surface area contributed by atoms with Crippen molar-refractivity contribution < 1.29 is 8.42 Å². The zero-order valence-electron chi connectivity index (χ0n) is 13.6. The van der Waals surface area contributed by atoms with Crippen molar-refractivity contribution in [1.82, 2.24) is 15.0 Å². The Morgan fingerprint density at radius 3 is 2.54 bits per heavy atom. The highest BCUT2D eigenvalue weighted by atomic mass is 35.5. The highest BCUT2D eigenvalue weighted by molar-refractivity contribution is 7.89. The van der Waals surface area contributed by atoms with E-state index in [0.717, 1.165) is 11.1 Å². The molecule has 0 bridgehead atoms. The minimum absolute atomic E-state index is 0.136. The maximum atomic E-state index is 12.2. The van der Waals surface area contributed by atoms with Gasteiger partial charge in [-0.25, -0.2) is 4.83 Å². The molecule has 0 atom stereocenters. The topological polar surface area (TPSA) is 87.2 Å². The quantitative estimate of drug-likeness (QED) is 0.493. The summed E-state index contributed by atoms with van der Waals surface area (Å²) in [6, 6.07) is 11.6. The molecule has 0 saturated heterocycles. The lowest BCUT2D eigenvalue weighted by molar-refractivity contribution is 0.584. The third-order valence-electron chi connectivity index (χ3n) is 3.58. The van der Waals surface area contributed by atoms with Gasteiger partial charge in [-0.05, 0) is 31.2 Å². The minimum atomic E-state index is -3.74. The molecule has 0 radical (unpaired) electrons. The summed E-state index contributed by atoms with van der Waals surface area (Å²) >= 11 is 12.0. The Hall–Kier alpha value is -2.35. The van der Waals surface area contributed by atoms with Crippen molar-refractivity contribution in [3.8, 4) is 11.3 Å². The lowest BCUT2D eigenvalue weighted by atomic mass is 10.1. The van der Waals surface area contributed by atoms with Crippen LogP contribution >= 0.6 is 23.2 Å². The van der Waals surface area contributed by atoms with E-state index in [9.17, 15) is 8.42 Å². The predicted octanol–water partition coefficient (Wildman–Crippen LogP) is 4.00. The van der Waals surface area contributed by atoms with Crippen LogP contribution in [-0.4, -0.2) is 24.8 Å². The molecular weight excluding hydrogens is 395 g/mol. The smallest absolute Gasteiger partial charge is 0.276 e. The van der Waals surface area contributed by atoms with E-state index in [1.807, 2.05) is 6.92 Å². The van der Waals surface area contributed by atoms with E-state index < -0.39 is 10.0 Å². The van der Waals surface area contributed by atoms with Crippen molar-refractivity contribution in [3.05, 3.63) is 69.8 Å². The molecule has 3 aromatic rings. The summed E-state index contributed by atoms with van der Waals surface area (Å²) in [6.45, 7) is 1.88. The first-order valence-corrected chi connectivity index (χ1v) is 9.71. The van der Waals surface area contributed by atoms with Gasteiger partial charge in [0, 0.05) is 11.1 Å². The van der Waals surface area contributed by atoms with E-state index >= 15 is 0 Å². The Kier molecular flexibility index (Phi) is 5.31. The number of sulfonamides is 1. The second-order valence-electron chi connectivity index (χ2n) is 5.50. The van der Waals surface area contributed by atoms with Gasteiger partial charge in [0.05, 0.1) is 33.0 Å². The molecule has 1 heterocycles. The van der Waals surface area contributed by atoms with Crippen LogP contribution in [0.25, 0.3) is 11.3 Å². The number of H-pyrrole nitrogens is 1. The van der Waals surface area contributed by atoms with Crippen molar-refractivity contribution in [3.63, 3.8) is 0 Å². The van der Waals surface area contributed by atoms with Crippen LogP contribution in [0.4, 0.5) is 0 Å². The molecule has 0 unspecified atom stereocenters. The molecular formula is C17H14Cl2N4O2S. The summed E-state index contributed by atoms with van der Waals surface area (Å²) in [5, 5.41) is 11.5. The lowest BCUT2D eigenvalue weighted by Gasteiger charge is -2.04. The molecule has 134 valence electrons. The SMILES string of the molecule is Cc1ccc(S(=O)(=O)N/N=C\c2cn[nH]c2-c2ccc(Cl)c(Cl)c2)cc1. The number of hydrogen-bond acceptors (Lipinski definition) is 4. The van der Waals surface area contributed by atoms with Crippen LogP contribution in [0.5, 0.6) is 0 Å². The summed E-state index contributed by atoms with van der Waals surface area (Å²) in [5.74, 6) is 0. The zero-order valence-corrected chi connectivity index (χ0v) is 15.9. The first kappa shape index (κ1) is 18.4. The number of hydrazone groups is 1. The van der Waals surface area contributed by atoms with Crippen LogP contribution in [0, 0.1) is 6.92 Å². The summed E-state index contributed by atoms with van der Waals surface area (Å²) in [4.78, 5) is 2.32. The van der Waals surface area contributed by atoms with E-state index in [1.165, 1.54) is 24.5 Å². The van der Waals surface area contributed by atoms with Crippen LogP contribution in [0.1, 0.15) is 11.1 Å². The normalized spacial score (nSPS) is 11.8. The van der Waals surface area contributed by atoms with E-state index in [1.54, 1.807) is 30.3 Å². The van der Waals surface area contributed by atoms with E-state index in [-0.39, 0.29) is 4.90 Å². The fourth-order valence-corrected chi connectivity index (χ4v) is 3.30. The molecule has 0 saturated carbocycles. The maximum absolute atomic E-state index is 12.2. The second kappa shape index (κ2) is 7.49. The van der Waals surface area contributed by atoms with E-state index in [4.69, 9.17) is 23.2 Å². The third-order valence-corrected chi connectivity index (χ3v) is 5.56. The predicted molar refractivity (Wildman–Crippen MR) is 103 cm³/mol. The van der Waals surface area contributed by atoms with E-state index in [2.05, 4.69) is 20.1 Å². The van der Waals surface area contributed by atoms with Crippen LogP contribution < -0.4 is 4.83 Å². The summed E-state index contributed by atoms with van der Waals surface area (Å²) in [5.41, 5.74) is 2.95. The Morgan fingerprint density at radius 2 is 1.85 bits per heavy atom. The number of aryl methyl sites for hydroxylation is 1. The van der Waals surface area contributed by atoms with Crippen LogP contribution in [-0.2, 0) is 10.0 Å². The molecule has 26 heavy (non-hydrogen) atoms. The Bertz CT molecular complexity index is 1060. The number of aromatic amines is 1. The fourth-order valence-electron chi connectivity index (χ4n) is 2.21. The Balaban J connectivity index is 1.81. The number of hydrogen-bond donors (Lipinski definition) is 2. The lowest BCUT2D eigenvalue weighted by Crippen LogP contribution is -2.18. The van der Waals surface area contributed by atoms with Gasteiger partial charge in [0.15, 0.2) is 0 Å². The zero-order chi connectivity index (χ0) is 18.7. The minimum Gasteiger partial charge on any atom is -0.277 e. The van der Waals surface area contributed by atoms with Crippen molar-refractivity contribution in [1.29, 1.82) is 0 Å².